The molecule has 3 N–H and O–H groups in total. The molecular formula is C12H21ClN2S. The predicted molar refractivity (Wildman–Crippen MR) is 72.6 cm³/mol. The van der Waals surface area contributed by atoms with E-state index in [0.29, 0.717) is 11.3 Å². The summed E-state index contributed by atoms with van der Waals surface area (Å²) in [6.45, 7) is 9.03. The van der Waals surface area contributed by atoms with Crippen molar-refractivity contribution in [1.82, 2.24) is 5.43 Å². The van der Waals surface area contributed by atoms with Crippen molar-refractivity contribution in [3.63, 3.8) is 0 Å². The molecule has 0 aromatic carbocycles. The summed E-state index contributed by atoms with van der Waals surface area (Å²) in [6, 6.07) is 4.17. The van der Waals surface area contributed by atoms with Crippen LogP contribution in [-0.4, -0.2) is 0 Å². The Kier molecular flexibility index (Phi) is 4.80. The molecule has 16 heavy (non-hydrogen) atoms. The van der Waals surface area contributed by atoms with Crippen LogP contribution >= 0.6 is 22.9 Å². The first-order valence-corrected chi connectivity index (χ1v) is 6.75. The van der Waals surface area contributed by atoms with Crippen LogP contribution in [0.3, 0.4) is 0 Å². The third-order valence-corrected chi connectivity index (χ3v) is 4.55. The Bertz CT molecular complexity index is 330. The van der Waals surface area contributed by atoms with Gasteiger partial charge in [0, 0.05) is 4.88 Å². The fraction of sp³-hybridized carbons (Fsp3) is 0.667. The van der Waals surface area contributed by atoms with Crippen LogP contribution in [0.1, 0.15) is 45.0 Å². The lowest BCUT2D eigenvalue weighted by molar-refractivity contribution is 0.224. The maximum absolute atomic E-state index is 5.94. The summed E-state index contributed by atoms with van der Waals surface area (Å²) < 4.78 is 0.818. The normalized spacial score (nSPS) is 16.1. The van der Waals surface area contributed by atoms with Gasteiger partial charge in [-0.3, -0.25) is 11.3 Å². The van der Waals surface area contributed by atoms with Crippen molar-refractivity contribution < 1.29 is 0 Å². The molecule has 1 rings (SSSR count). The Labute approximate surface area is 107 Å². The van der Waals surface area contributed by atoms with Gasteiger partial charge in [-0.15, -0.1) is 11.3 Å². The van der Waals surface area contributed by atoms with E-state index in [-0.39, 0.29) is 6.04 Å². The molecule has 0 bridgehead atoms. The molecule has 0 aliphatic carbocycles. The third kappa shape index (κ3) is 3.74. The molecule has 0 saturated heterocycles. The molecule has 1 heterocycles. The summed E-state index contributed by atoms with van der Waals surface area (Å²) in [6.07, 6.45) is 1.02. The zero-order chi connectivity index (χ0) is 12.3. The van der Waals surface area contributed by atoms with E-state index in [1.165, 1.54) is 4.88 Å². The van der Waals surface area contributed by atoms with Crippen LogP contribution < -0.4 is 11.3 Å². The number of thiophene rings is 1. The van der Waals surface area contributed by atoms with E-state index in [2.05, 4.69) is 33.1 Å². The second kappa shape index (κ2) is 5.50. The standard InChI is InChI=1S/C12H21ClN2S/c1-8(12(2,3)4)7-9(15-14)10-5-6-11(13)16-10/h5-6,8-9,15H,7,14H2,1-4H3. The van der Waals surface area contributed by atoms with Crippen molar-refractivity contribution in [3.05, 3.63) is 21.3 Å². The number of rotatable bonds is 4. The number of hydrogen-bond acceptors (Lipinski definition) is 3. The van der Waals surface area contributed by atoms with Gasteiger partial charge in [0.25, 0.3) is 0 Å². The maximum Gasteiger partial charge on any atom is 0.0931 e. The fourth-order valence-electron chi connectivity index (χ4n) is 1.49. The SMILES string of the molecule is CC(CC(NN)c1ccc(Cl)s1)C(C)(C)C. The number of nitrogens with two attached hydrogens (primary N) is 1. The van der Waals surface area contributed by atoms with Crippen molar-refractivity contribution in [2.24, 2.45) is 17.2 Å². The first-order valence-electron chi connectivity index (χ1n) is 5.56. The molecule has 0 amide bonds. The van der Waals surface area contributed by atoms with Gasteiger partial charge in [-0.05, 0) is 29.9 Å². The van der Waals surface area contributed by atoms with E-state index in [0.717, 1.165) is 10.8 Å². The van der Waals surface area contributed by atoms with Gasteiger partial charge in [-0.25, -0.2) is 0 Å². The van der Waals surface area contributed by atoms with Crippen LogP contribution in [-0.2, 0) is 0 Å². The second-order valence-corrected chi connectivity index (χ2v) is 7.11. The molecular weight excluding hydrogens is 240 g/mol. The predicted octanol–water partition coefficient (Wildman–Crippen LogP) is 3.98. The third-order valence-electron chi connectivity index (χ3n) is 3.21. The molecule has 0 radical (unpaired) electrons. The van der Waals surface area contributed by atoms with E-state index < -0.39 is 0 Å². The molecule has 0 spiro atoms. The van der Waals surface area contributed by atoms with E-state index in [4.69, 9.17) is 17.4 Å². The van der Waals surface area contributed by atoms with Crippen LogP contribution in [0.15, 0.2) is 12.1 Å². The summed E-state index contributed by atoms with van der Waals surface area (Å²) >= 11 is 7.53. The van der Waals surface area contributed by atoms with Crippen LogP contribution in [0.5, 0.6) is 0 Å². The van der Waals surface area contributed by atoms with Gasteiger partial charge < -0.3 is 0 Å². The van der Waals surface area contributed by atoms with Gasteiger partial charge >= 0.3 is 0 Å². The highest BCUT2D eigenvalue weighted by Gasteiger charge is 2.24. The quantitative estimate of drug-likeness (QED) is 0.635. The minimum absolute atomic E-state index is 0.201. The first kappa shape index (κ1) is 14.0. The Morgan fingerprint density at radius 2 is 2.06 bits per heavy atom. The van der Waals surface area contributed by atoms with Crippen molar-refractivity contribution in [3.8, 4) is 0 Å². The Morgan fingerprint density at radius 3 is 2.44 bits per heavy atom. The van der Waals surface area contributed by atoms with E-state index >= 15 is 0 Å². The molecule has 0 saturated carbocycles. The molecule has 0 aliphatic rings. The summed E-state index contributed by atoms with van der Waals surface area (Å²) in [5, 5.41) is 0. The van der Waals surface area contributed by atoms with Crippen LogP contribution in [0.2, 0.25) is 4.34 Å². The fourth-order valence-corrected chi connectivity index (χ4v) is 2.62. The van der Waals surface area contributed by atoms with Crippen molar-refractivity contribution in [2.75, 3.05) is 0 Å². The zero-order valence-corrected chi connectivity index (χ0v) is 12.0. The van der Waals surface area contributed by atoms with Gasteiger partial charge in [0.1, 0.15) is 0 Å². The van der Waals surface area contributed by atoms with Crippen LogP contribution in [0, 0.1) is 11.3 Å². The summed E-state index contributed by atoms with van der Waals surface area (Å²) in [7, 11) is 0. The molecule has 2 unspecified atom stereocenters. The Balaban J connectivity index is 2.70. The van der Waals surface area contributed by atoms with Crippen molar-refractivity contribution >= 4 is 22.9 Å². The minimum Gasteiger partial charge on any atom is -0.271 e. The number of nitrogens with one attached hydrogen (secondary N) is 1. The molecule has 0 fully saturated rings. The van der Waals surface area contributed by atoms with Crippen LogP contribution in [0.4, 0.5) is 0 Å². The molecule has 1 aromatic heterocycles. The highest BCUT2D eigenvalue weighted by Crippen LogP contribution is 2.35. The average Bonchev–Trinajstić information content (AvgIpc) is 2.59. The summed E-state index contributed by atoms with van der Waals surface area (Å²) in [4.78, 5) is 1.21. The molecule has 1 aromatic rings. The lowest BCUT2D eigenvalue weighted by Crippen LogP contribution is -2.31. The van der Waals surface area contributed by atoms with Crippen molar-refractivity contribution in [2.45, 2.75) is 40.2 Å². The van der Waals surface area contributed by atoms with Gasteiger partial charge in [0.05, 0.1) is 10.4 Å². The summed E-state index contributed by atoms with van der Waals surface area (Å²) in [5.41, 5.74) is 3.19. The highest BCUT2D eigenvalue weighted by molar-refractivity contribution is 7.16. The van der Waals surface area contributed by atoms with Gasteiger partial charge in [0.2, 0.25) is 0 Å². The maximum atomic E-state index is 5.94. The van der Waals surface area contributed by atoms with Crippen LogP contribution in [0.25, 0.3) is 0 Å². The Morgan fingerprint density at radius 1 is 1.44 bits per heavy atom. The van der Waals surface area contributed by atoms with Gasteiger partial charge in [-0.2, -0.15) is 0 Å². The van der Waals surface area contributed by atoms with Crippen molar-refractivity contribution in [1.29, 1.82) is 0 Å². The van der Waals surface area contributed by atoms with Gasteiger partial charge in [0.15, 0.2) is 0 Å². The van der Waals surface area contributed by atoms with E-state index in [1.807, 2.05) is 12.1 Å². The lowest BCUT2D eigenvalue weighted by Gasteiger charge is -2.30. The number of halogens is 1. The first-order chi connectivity index (χ1) is 7.34. The molecule has 2 nitrogen and oxygen atoms in total. The Hall–Kier alpha value is -0.0900. The largest absolute Gasteiger partial charge is 0.271 e. The molecule has 92 valence electrons. The monoisotopic (exact) mass is 260 g/mol. The highest BCUT2D eigenvalue weighted by atomic mass is 35.5. The number of hydrogen-bond donors (Lipinski definition) is 2. The second-order valence-electron chi connectivity index (χ2n) is 5.36. The molecule has 2 atom stereocenters. The average molecular weight is 261 g/mol. The smallest absolute Gasteiger partial charge is 0.0931 e. The molecule has 4 heteroatoms. The molecule has 0 aliphatic heterocycles. The van der Waals surface area contributed by atoms with E-state index in [9.17, 15) is 0 Å². The lowest BCUT2D eigenvalue weighted by atomic mass is 9.78. The zero-order valence-electron chi connectivity index (χ0n) is 10.4. The number of hydrazine groups is 1. The summed E-state index contributed by atoms with van der Waals surface area (Å²) in [5.74, 6) is 6.21. The minimum atomic E-state index is 0.201. The van der Waals surface area contributed by atoms with E-state index in [1.54, 1.807) is 11.3 Å². The van der Waals surface area contributed by atoms with Gasteiger partial charge in [-0.1, -0.05) is 39.3 Å². The topological polar surface area (TPSA) is 38.0 Å².